The molecule has 0 aliphatic heterocycles. The van der Waals surface area contributed by atoms with E-state index in [4.69, 9.17) is 4.98 Å². The number of aryl methyl sites for hydroxylation is 1. The Bertz CT molecular complexity index is 1640. The Kier molecular flexibility index (Phi) is 4.93. The van der Waals surface area contributed by atoms with Gasteiger partial charge in [0.1, 0.15) is 11.2 Å². The van der Waals surface area contributed by atoms with E-state index in [1.165, 1.54) is 4.88 Å². The van der Waals surface area contributed by atoms with Crippen molar-refractivity contribution in [3.8, 4) is 33.1 Å². The molecule has 8 nitrogen and oxygen atoms in total. The maximum Gasteiger partial charge on any atom is 0.181 e. The molecule has 0 bridgehead atoms. The summed E-state index contributed by atoms with van der Waals surface area (Å²) in [6.07, 6.45) is 9.28. The first-order valence-electron chi connectivity index (χ1n) is 10.9. The van der Waals surface area contributed by atoms with Gasteiger partial charge in [0.15, 0.2) is 11.5 Å². The van der Waals surface area contributed by atoms with Crippen LogP contribution in [0.15, 0.2) is 55.2 Å². The molecule has 168 valence electrons. The fraction of sp³-hybridized carbons (Fsp3) is 0.160. The van der Waals surface area contributed by atoms with Gasteiger partial charge in [-0.05, 0) is 50.8 Å². The number of hydrogen-bond acceptors (Lipinski definition) is 7. The highest BCUT2D eigenvalue weighted by Gasteiger charge is 2.17. The highest BCUT2D eigenvalue weighted by molar-refractivity contribution is 7.15. The lowest BCUT2D eigenvalue weighted by molar-refractivity contribution is 0.402. The third-order valence-corrected chi connectivity index (χ3v) is 6.71. The van der Waals surface area contributed by atoms with Crippen LogP contribution in [0, 0.1) is 6.92 Å². The molecule has 6 aromatic heterocycles. The molecule has 6 rings (SSSR count). The zero-order chi connectivity index (χ0) is 23.2. The van der Waals surface area contributed by atoms with Crippen molar-refractivity contribution in [1.82, 2.24) is 40.0 Å². The van der Waals surface area contributed by atoms with Crippen molar-refractivity contribution < 1.29 is 0 Å². The Balaban J connectivity index is 1.45. The largest absolute Gasteiger partial charge is 0.335 e. The smallest absolute Gasteiger partial charge is 0.181 e. The van der Waals surface area contributed by atoms with Gasteiger partial charge in [-0.15, -0.1) is 11.3 Å². The molecule has 0 aromatic carbocycles. The topological polar surface area (TPSA) is 99.3 Å². The molecule has 0 spiro atoms. The molecule has 6 aromatic rings. The molecule has 9 heteroatoms. The number of aromatic amines is 2. The minimum atomic E-state index is 0.642. The van der Waals surface area contributed by atoms with Gasteiger partial charge in [-0.2, -0.15) is 5.10 Å². The van der Waals surface area contributed by atoms with E-state index in [1.54, 1.807) is 17.5 Å². The number of pyridine rings is 3. The number of nitrogens with one attached hydrogen (secondary N) is 2. The van der Waals surface area contributed by atoms with Crippen molar-refractivity contribution in [1.29, 1.82) is 0 Å². The van der Waals surface area contributed by atoms with E-state index in [1.807, 2.05) is 38.9 Å². The Morgan fingerprint density at radius 3 is 2.65 bits per heavy atom. The molecule has 0 saturated heterocycles. The van der Waals surface area contributed by atoms with Crippen molar-refractivity contribution in [3.63, 3.8) is 0 Å². The standard InChI is InChI=1S/C25H22N8S/c1-14-4-5-21(34-14)19-11-27-12-20-22(19)30-25(29-20)23-18-7-17(10-28-24(18)32-31-23)16-6-15(8-26-9-16)13-33(2)3/h4-12H,13H2,1-3H3,(H,29,30)(H,28,31,32). The van der Waals surface area contributed by atoms with E-state index in [9.17, 15) is 0 Å². The zero-order valence-electron chi connectivity index (χ0n) is 19.0. The van der Waals surface area contributed by atoms with Gasteiger partial charge in [0, 0.05) is 57.8 Å². The van der Waals surface area contributed by atoms with Gasteiger partial charge in [0.2, 0.25) is 0 Å². The Labute approximate surface area is 199 Å². The van der Waals surface area contributed by atoms with Gasteiger partial charge in [0.25, 0.3) is 0 Å². The van der Waals surface area contributed by atoms with Crippen molar-refractivity contribution in [2.24, 2.45) is 0 Å². The summed E-state index contributed by atoms with van der Waals surface area (Å²) in [5.41, 5.74) is 7.38. The summed E-state index contributed by atoms with van der Waals surface area (Å²) in [4.78, 5) is 26.3. The molecular formula is C25H22N8S. The number of fused-ring (bicyclic) bond motifs is 2. The number of H-pyrrole nitrogens is 2. The molecule has 34 heavy (non-hydrogen) atoms. The third-order valence-electron chi connectivity index (χ3n) is 5.67. The minimum absolute atomic E-state index is 0.642. The first-order chi connectivity index (χ1) is 16.5. The van der Waals surface area contributed by atoms with E-state index in [-0.39, 0.29) is 0 Å². The second-order valence-electron chi connectivity index (χ2n) is 8.59. The molecule has 0 amide bonds. The molecular weight excluding hydrogens is 444 g/mol. The molecule has 0 radical (unpaired) electrons. The number of rotatable bonds is 5. The lowest BCUT2D eigenvalue weighted by Gasteiger charge is -2.10. The number of hydrogen-bond donors (Lipinski definition) is 2. The van der Waals surface area contributed by atoms with Crippen LogP contribution in [0.1, 0.15) is 10.4 Å². The van der Waals surface area contributed by atoms with Crippen LogP contribution in [0.5, 0.6) is 0 Å². The normalized spacial score (nSPS) is 11.8. The molecule has 6 heterocycles. The van der Waals surface area contributed by atoms with E-state index < -0.39 is 0 Å². The molecule has 0 aliphatic rings. The maximum atomic E-state index is 4.93. The summed E-state index contributed by atoms with van der Waals surface area (Å²) in [5.74, 6) is 0.707. The Hall–Kier alpha value is -3.95. The minimum Gasteiger partial charge on any atom is -0.335 e. The summed E-state index contributed by atoms with van der Waals surface area (Å²) in [6, 6.07) is 8.47. The third kappa shape index (κ3) is 3.64. The van der Waals surface area contributed by atoms with Crippen LogP contribution in [0.2, 0.25) is 0 Å². The second kappa shape index (κ2) is 8.12. The van der Waals surface area contributed by atoms with E-state index in [0.717, 1.165) is 55.8 Å². The second-order valence-corrected chi connectivity index (χ2v) is 9.88. The SMILES string of the molecule is Cc1ccc(-c2cncc3[nH]c(-c4[nH]nc5ncc(-c6cncc(CN(C)C)c6)cc45)nc23)s1. The number of nitrogens with zero attached hydrogens (tertiary/aromatic N) is 6. The fourth-order valence-corrected chi connectivity index (χ4v) is 5.02. The van der Waals surface area contributed by atoms with Gasteiger partial charge < -0.3 is 9.88 Å². The van der Waals surface area contributed by atoms with Crippen LogP contribution in [-0.4, -0.2) is 54.1 Å². The summed E-state index contributed by atoms with van der Waals surface area (Å²) in [6.45, 7) is 2.93. The van der Waals surface area contributed by atoms with Gasteiger partial charge in [-0.1, -0.05) is 0 Å². The highest BCUT2D eigenvalue weighted by atomic mass is 32.1. The highest BCUT2D eigenvalue weighted by Crippen LogP contribution is 2.34. The lowest BCUT2D eigenvalue weighted by Crippen LogP contribution is -2.10. The monoisotopic (exact) mass is 466 g/mol. The van der Waals surface area contributed by atoms with Crippen molar-refractivity contribution in [3.05, 3.63) is 65.7 Å². The fourth-order valence-electron chi connectivity index (χ4n) is 4.15. The first-order valence-corrected chi connectivity index (χ1v) is 11.7. The van der Waals surface area contributed by atoms with Crippen LogP contribution in [0.4, 0.5) is 0 Å². The molecule has 0 fully saturated rings. The first kappa shape index (κ1) is 20.6. The molecule has 0 aliphatic carbocycles. The molecule has 2 N–H and O–H groups in total. The molecule has 0 atom stereocenters. The van der Waals surface area contributed by atoms with Gasteiger partial charge >= 0.3 is 0 Å². The number of aromatic nitrogens is 7. The van der Waals surface area contributed by atoms with Crippen molar-refractivity contribution in [2.45, 2.75) is 13.5 Å². The zero-order valence-corrected chi connectivity index (χ0v) is 19.8. The van der Waals surface area contributed by atoms with Crippen LogP contribution < -0.4 is 0 Å². The quantitative estimate of drug-likeness (QED) is 0.369. The molecule has 0 saturated carbocycles. The predicted molar refractivity (Wildman–Crippen MR) is 135 cm³/mol. The van der Waals surface area contributed by atoms with Crippen LogP contribution in [0.25, 0.3) is 55.2 Å². The summed E-state index contributed by atoms with van der Waals surface area (Å²) in [5, 5.41) is 8.43. The molecule has 0 unspecified atom stereocenters. The average Bonchev–Trinajstić information content (AvgIpc) is 3.55. The van der Waals surface area contributed by atoms with Gasteiger partial charge in [-0.25, -0.2) is 9.97 Å². The summed E-state index contributed by atoms with van der Waals surface area (Å²) in [7, 11) is 4.10. The number of imidazole rings is 1. The van der Waals surface area contributed by atoms with Gasteiger partial charge in [-0.3, -0.25) is 15.1 Å². The lowest BCUT2D eigenvalue weighted by atomic mass is 10.1. The van der Waals surface area contributed by atoms with E-state index in [0.29, 0.717) is 11.5 Å². The average molecular weight is 467 g/mol. The summed E-state index contributed by atoms with van der Waals surface area (Å²) >= 11 is 1.74. The van der Waals surface area contributed by atoms with Crippen LogP contribution >= 0.6 is 11.3 Å². The van der Waals surface area contributed by atoms with E-state index in [2.05, 4.69) is 66.2 Å². The van der Waals surface area contributed by atoms with E-state index >= 15 is 0 Å². The van der Waals surface area contributed by atoms with Crippen LogP contribution in [0.3, 0.4) is 0 Å². The van der Waals surface area contributed by atoms with Gasteiger partial charge in [0.05, 0.1) is 17.1 Å². The predicted octanol–water partition coefficient (Wildman–Crippen LogP) is 5.06. The Morgan fingerprint density at radius 1 is 0.971 bits per heavy atom. The van der Waals surface area contributed by atoms with Crippen molar-refractivity contribution >= 4 is 33.4 Å². The maximum absolute atomic E-state index is 4.93. The van der Waals surface area contributed by atoms with Crippen molar-refractivity contribution in [2.75, 3.05) is 14.1 Å². The summed E-state index contributed by atoms with van der Waals surface area (Å²) < 4.78 is 0. The Morgan fingerprint density at radius 2 is 1.82 bits per heavy atom. The van der Waals surface area contributed by atoms with Crippen LogP contribution in [-0.2, 0) is 6.54 Å². The number of thiophene rings is 1.